The van der Waals surface area contributed by atoms with Crippen LogP contribution in [0.25, 0.3) is 10.9 Å². The first kappa shape index (κ1) is 18.4. The summed E-state index contributed by atoms with van der Waals surface area (Å²) in [7, 11) is 0. The molecular formula is C20H18BrN5O2. The summed E-state index contributed by atoms with van der Waals surface area (Å²) >= 11 is 3.44. The van der Waals surface area contributed by atoms with Gasteiger partial charge in [0.05, 0.1) is 22.4 Å². The van der Waals surface area contributed by atoms with Gasteiger partial charge < -0.3 is 16.0 Å². The van der Waals surface area contributed by atoms with E-state index in [4.69, 9.17) is 5.73 Å². The first-order chi connectivity index (χ1) is 13.5. The highest BCUT2D eigenvalue weighted by Crippen LogP contribution is 2.32. The second-order valence-electron chi connectivity index (χ2n) is 6.62. The van der Waals surface area contributed by atoms with Crippen molar-refractivity contribution in [1.82, 2.24) is 10.4 Å². The second-order valence-corrected chi connectivity index (χ2v) is 7.41. The molecule has 1 aromatic heterocycles. The lowest BCUT2D eigenvalue weighted by atomic mass is 10.0. The molecule has 5 N–H and O–H groups in total. The van der Waals surface area contributed by atoms with Gasteiger partial charge in [-0.1, -0.05) is 30.3 Å². The number of hydrogen-bond donors (Lipinski definition) is 4. The van der Waals surface area contributed by atoms with E-state index in [9.17, 15) is 9.59 Å². The Bertz CT molecular complexity index is 1090. The van der Waals surface area contributed by atoms with E-state index in [2.05, 4.69) is 36.8 Å². The smallest absolute Gasteiger partial charge is 0.272 e. The number of hydrazone groups is 1. The van der Waals surface area contributed by atoms with Gasteiger partial charge in [-0.15, -0.1) is 0 Å². The highest BCUT2D eigenvalue weighted by molar-refractivity contribution is 9.10. The summed E-state index contributed by atoms with van der Waals surface area (Å²) in [5, 5.41) is 7.48. The standard InChI is InChI=1S/C20H18BrN5O2/c21-18-14-10-23-26-19(27)13-8-12(9-16(25-18)17(13)14)24-20(28)15(22)7-6-11-4-2-1-3-5-11/h1-5,8-10,15,25H,6-7,22H2,(H,24,28)(H,26,27)/t15-/m1/s1. The van der Waals surface area contributed by atoms with E-state index in [1.807, 2.05) is 30.3 Å². The molecule has 0 spiro atoms. The van der Waals surface area contributed by atoms with E-state index in [1.165, 1.54) is 0 Å². The van der Waals surface area contributed by atoms with Crippen molar-refractivity contribution in [2.45, 2.75) is 18.9 Å². The molecule has 0 unspecified atom stereocenters. The molecule has 2 aromatic carbocycles. The zero-order valence-electron chi connectivity index (χ0n) is 14.8. The van der Waals surface area contributed by atoms with E-state index in [1.54, 1.807) is 18.3 Å². The highest BCUT2D eigenvalue weighted by Gasteiger charge is 2.22. The Hall–Kier alpha value is -2.97. The Balaban J connectivity index is 1.54. The van der Waals surface area contributed by atoms with Crippen LogP contribution in [0.3, 0.4) is 0 Å². The maximum atomic E-state index is 12.5. The van der Waals surface area contributed by atoms with Crippen LogP contribution in [0.4, 0.5) is 5.69 Å². The van der Waals surface area contributed by atoms with Crippen molar-refractivity contribution in [2.75, 3.05) is 5.32 Å². The third-order valence-corrected chi connectivity index (χ3v) is 5.31. The number of H-pyrrole nitrogens is 1. The normalized spacial score (nSPS) is 13.9. The van der Waals surface area contributed by atoms with Crippen LogP contribution < -0.4 is 16.5 Å². The van der Waals surface area contributed by atoms with Gasteiger partial charge in [0, 0.05) is 22.2 Å². The number of carbonyl (C=O) groups excluding carboxylic acids is 2. The van der Waals surface area contributed by atoms with Crippen molar-refractivity contribution in [3.63, 3.8) is 0 Å². The number of nitrogens with one attached hydrogen (secondary N) is 3. The van der Waals surface area contributed by atoms with Gasteiger partial charge in [0.15, 0.2) is 0 Å². The molecule has 4 rings (SSSR count). The monoisotopic (exact) mass is 439 g/mol. The third-order valence-electron chi connectivity index (χ3n) is 4.68. The topological polar surface area (TPSA) is 112 Å². The Morgan fingerprint density at radius 3 is 2.82 bits per heavy atom. The van der Waals surface area contributed by atoms with Crippen LogP contribution in [-0.2, 0) is 11.2 Å². The summed E-state index contributed by atoms with van der Waals surface area (Å²) in [5.74, 6) is -0.630. The summed E-state index contributed by atoms with van der Waals surface area (Å²) < 4.78 is 0.715. The Labute approximate surface area is 169 Å². The van der Waals surface area contributed by atoms with Crippen molar-refractivity contribution in [2.24, 2.45) is 10.8 Å². The number of aromatic amines is 1. The molecule has 142 valence electrons. The summed E-state index contributed by atoms with van der Waals surface area (Å²) in [6.45, 7) is 0. The number of rotatable bonds is 5. The molecule has 3 aromatic rings. The number of aryl methyl sites for hydroxylation is 1. The number of nitrogens with two attached hydrogens (primary N) is 1. The van der Waals surface area contributed by atoms with Crippen LogP contribution in [0.5, 0.6) is 0 Å². The van der Waals surface area contributed by atoms with Crippen molar-refractivity contribution in [3.8, 4) is 0 Å². The number of carbonyl (C=O) groups is 2. The largest absolute Gasteiger partial charge is 0.349 e. The lowest BCUT2D eigenvalue weighted by Gasteiger charge is -2.13. The molecule has 1 aliphatic heterocycles. The summed E-state index contributed by atoms with van der Waals surface area (Å²) in [6, 6.07) is 12.6. The molecule has 0 fully saturated rings. The van der Waals surface area contributed by atoms with Gasteiger partial charge in [-0.25, -0.2) is 5.43 Å². The molecular weight excluding hydrogens is 422 g/mol. The fourth-order valence-electron chi connectivity index (χ4n) is 3.25. The third kappa shape index (κ3) is 3.56. The zero-order chi connectivity index (χ0) is 19.7. The van der Waals surface area contributed by atoms with Crippen LogP contribution in [0, 0.1) is 0 Å². The van der Waals surface area contributed by atoms with E-state index in [0.717, 1.165) is 22.0 Å². The number of amides is 2. The van der Waals surface area contributed by atoms with Crippen LogP contribution in [0.2, 0.25) is 0 Å². The summed E-state index contributed by atoms with van der Waals surface area (Å²) in [6.07, 6.45) is 2.82. The Kier molecular flexibility index (Phi) is 4.97. The van der Waals surface area contributed by atoms with E-state index in [-0.39, 0.29) is 11.8 Å². The molecule has 0 saturated carbocycles. The summed E-state index contributed by atoms with van der Waals surface area (Å²) in [5.41, 5.74) is 12.1. The predicted molar refractivity (Wildman–Crippen MR) is 112 cm³/mol. The number of aromatic nitrogens is 1. The van der Waals surface area contributed by atoms with Crippen molar-refractivity contribution in [1.29, 1.82) is 0 Å². The molecule has 7 nitrogen and oxygen atoms in total. The van der Waals surface area contributed by atoms with E-state index < -0.39 is 6.04 Å². The second kappa shape index (κ2) is 7.57. The van der Waals surface area contributed by atoms with Gasteiger partial charge in [-0.2, -0.15) is 5.10 Å². The van der Waals surface area contributed by atoms with Crippen molar-refractivity contribution in [3.05, 3.63) is 63.8 Å². The average molecular weight is 440 g/mol. The van der Waals surface area contributed by atoms with Gasteiger partial charge in [-0.3, -0.25) is 9.59 Å². The lowest BCUT2D eigenvalue weighted by Crippen LogP contribution is -2.36. The molecule has 0 bridgehead atoms. The SMILES string of the molecule is N[C@H](CCc1ccccc1)C(=O)Nc1cc2c3c(c(Br)[nH]c3c1)C=NNC2=O. The first-order valence-corrected chi connectivity index (χ1v) is 9.61. The van der Waals surface area contributed by atoms with Gasteiger partial charge in [0.2, 0.25) is 5.91 Å². The van der Waals surface area contributed by atoms with Crippen LogP contribution >= 0.6 is 15.9 Å². The number of nitrogens with zero attached hydrogens (tertiary/aromatic N) is 1. The number of halogens is 1. The Morgan fingerprint density at radius 2 is 2.04 bits per heavy atom. The number of anilines is 1. The van der Waals surface area contributed by atoms with Gasteiger partial charge >= 0.3 is 0 Å². The summed E-state index contributed by atoms with van der Waals surface area (Å²) in [4.78, 5) is 28.0. The number of hydrogen-bond acceptors (Lipinski definition) is 4. The molecule has 2 heterocycles. The predicted octanol–water partition coefficient (Wildman–Crippen LogP) is 2.91. The minimum Gasteiger partial charge on any atom is -0.349 e. The van der Waals surface area contributed by atoms with Crippen LogP contribution in [0.15, 0.2) is 52.2 Å². The quantitative estimate of drug-likeness (QED) is 0.490. The van der Waals surface area contributed by atoms with E-state index in [0.29, 0.717) is 28.7 Å². The van der Waals surface area contributed by atoms with Gasteiger partial charge in [0.25, 0.3) is 5.91 Å². The molecule has 0 radical (unpaired) electrons. The van der Waals surface area contributed by atoms with Gasteiger partial charge in [-0.05, 0) is 46.5 Å². The molecule has 1 atom stereocenters. The average Bonchev–Trinajstić information content (AvgIpc) is 2.90. The molecule has 0 saturated heterocycles. The van der Waals surface area contributed by atoms with E-state index >= 15 is 0 Å². The zero-order valence-corrected chi connectivity index (χ0v) is 16.4. The first-order valence-electron chi connectivity index (χ1n) is 8.82. The minimum atomic E-state index is -0.655. The minimum absolute atomic E-state index is 0.293. The number of benzene rings is 2. The van der Waals surface area contributed by atoms with Crippen molar-refractivity contribution < 1.29 is 9.59 Å². The fraction of sp³-hybridized carbons (Fsp3) is 0.150. The lowest BCUT2D eigenvalue weighted by molar-refractivity contribution is -0.117. The highest BCUT2D eigenvalue weighted by atomic mass is 79.9. The molecule has 1 aliphatic rings. The fourth-order valence-corrected chi connectivity index (χ4v) is 3.76. The molecule has 2 amide bonds. The Morgan fingerprint density at radius 1 is 1.25 bits per heavy atom. The maximum absolute atomic E-state index is 12.5. The van der Waals surface area contributed by atoms with Gasteiger partial charge in [0.1, 0.15) is 0 Å². The maximum Gasteiger partial charge on any atom is 0.272 e. The van der Waals surface area contributed by atoms with Crippen LogP contribution in [-0.4, -0.2) is 29.1 Å². The molecule has 28 heavy (non-hydrogen) atoms. The molecule has 0 aliphatic carbocycles. The van der Waals surface area contributed by atoms with Crippen molar-refractivity contribution >= 4 is 50.5 Å². The molecule has 8 heteroatoms. The van der Waals surface area contributed by atoms with Crippen LogP contribution in [0.1, 0.15) is 27.9 Å².